The summed E-state index contributed by atoms with van der Waals surface area (Å²) < 4.78 is 14.0. The van der Waals surface area contributed by atoms with Crippen LogP contribution in [0.1, 0.15) is 36.8 Å². The number of benzene rings is 1. The molecule has 1 aromatic carbocycles. The topological polar surface area (TPSA) is 69.5 Å². The Balaban J connectivity index is 1.72. The highest BCUT2D eigenvalue weighted by atomic mass is 32.1. The van der Waals surface area contributed by atoms with Crippen LogP contribution in [0, 0.1) is 0 Å². The monoisotopic (exact) mass is 400 g/mol. The van der Waals surface area contributed by atoms with Gasteiger partial charge in [0.25, 0.3) is 0 Å². The maximum atomic E-state index is 12.5. The van der Waals surface area contributed by atoms with E-state index in [1.807, 2.05) is 24.3 Å². The van der Waals surface area contributed by atoms with Gasteiger partial charge >= 0.3 is 5.97 Å². The minimum atomic E-state index is -0.348. The van der Waals surface area contributed by atoms with Crippen LogP contribution < -0.4 is 0 Å². The summed E-state index contributed by atoms with van der Waals surface area (Å²) in [6.07, 6.45) is 1.88. The van der Waals surface area contributed by atoms with Crippen molar-refractivity contribution in [3.63, 3.8) is 0 Å². The zero-order valence-electron chi connectivity index (χ0n) is 16.3. The van der Waals surface area contributed by atoms with E-state index >= 15 is 0 Å². The third-order valence-electron chi connectivity index (χ3n) is 4.70. The summed E-state index contributed by atoms with van der Waals surface area (Å²) in [4.78, 5) is 19.5. The van der Waals surface area contributed by atoms with Crippen LogP contribution in [-0.4, -0.2) is 57.5 Å². The normalized spacial score (nSPS) is 20.5. The van der Waals surface area contributed by atoms with Crippen molar-refractivity contribution < 1.29 is 14.3 Å². The molecule has 0 saturated carbocycles. The fourth-order valence-corrected chi connectivity index (χ4v) is 4.60. The molecule has 0 amide bonds. The van der Waals surface area contributed by atoms with Crippen LogP contribution in [0.2, 0.25) is 0 Å². The summed E-state index contributed by atoms with van der Waals surface area (Å²) in [6, 6.07) is 7.98. The molecular formula is C20H24N4O3S. The molecule has 3 heterocycles. The van der Waals surface area contributed by atoms with Crippen LogP contribution in [0.15, 0.2) is 30.5 Å². The van der Waals surface area contributed by atoms with Crippen LogP contribution in [0.3, 0.4) is 0 Å². The molecule has 0 bridgehead atoms. The van der Waals surface area contributed by atoms with E-state index in [1.54, 1.807) is 29.1 Å². The number of thiazole rings is 1. The molecule has 4 rings (SSSR count). The summed E-state index contributed by atoms with van der Waals surface area (Å²) in [6.45, 7) is 8.47. The predicted molar refractivity (Wildman–Crippen MR) is 108 cm³/mol. The molecule has 3 aromatic rings. The standard InChI is InChI=1S/C20H24N4O3S/c1-4-26-19(25)15-9-21-24(20-22-16-7-5-6-8-18(16)28-20)17(15)12-23-10-13(2)27-14(3)11-23/h5-9,13-14H,4,10-12H2,1-3H3/t13-,14+. The number of rotatable bonds is 5. The number of hydrogen-bond donors (Lipinski definition) is 0. The Morgan fingerprint density at radius 2 is 2.04 bits per heavy atom. The lowest BCUT2D eigenvalue weighted by molar-refractivity contribution is -0.0709. The summed E-state index contributed by atoms with van der Waals surface area (Å²) in [5.41, 5.74) is 2.22. The third-order valence-corrected chi connectivity index (χ3v) is 5.71. The molecule has 0 unspecified atom stereocenters. The molecular weight excluding hydrogens is 376 g/mol. The van der Waals surface area contributed by atoms with Crippen molar-refractivity contribution in [2.75, 3.05) is 19.7 Å². The van der Waals surface area contributed by atoms with Crippen LogP contribution in [-0.2, 0) is 16.0 Å². The lowest BCUT2D eigenvalue weighted by Gasteiger charge is -2.35. The SMILES string of the molecule is CCOC(=O)c1cnn(-c2nc3ccccc3s2)c1CN1C[C@@H](C)O[C@@H](C)C1. The van der Waals surface area contributed by atoms with E-state index in [2.05, 4.69) is 23.8 Å². The average Bonchev–Trinajstić information content (AvgIpc) is 3.24. The second kappa shape index (κ2) is 7.98. The van der Waals surface area contributed by atoms with Gasteiger partial charge in [0.2, 0.25) is 5.13 Å². The van der Waals surface area contributed by atoms with Gasteiger partial charge < -0.3 is 9.47 Å². The molecule has 148 valence electrons. The van der Waals surface area contributed by atoms with Crippen molar-refractivity contribution in [1.82, 2.24) is 19.7 Å². The molecule has 0 spiro atoms. The number of fused-ring (bicyclic) bond motifs is 1. The number of morpholine rings is 1. The molecule has 0 radical (unpaired) electrons. The first-order valence-electron chi connectivity index (χ1n) is 9.53. The largest absolute Gasteiger partial charge is 0.462 e. The Morgan fingerprint density at radius 3 is 2.75 bits per heavy atom. The summed E-state index contributed by atoms with van der Waals surface area (Å²) in [5.74, 6) is -0.348. The smallest absolute Gasteiger partial charge is 0.341 e. The molecule has 2 aromatic heterocycles. The van der Waals surface area contributed by atoms with Crippen molar-refractivity contribution in [2.24, 2.45) is 0 Å². The zero-order chi connectivity index (χ0) is 19.7. The highest BCUT2D eigenvalue weighted by Crippen LogP contribution is 2.27. The summed E-state index contributed by atoms with van der Waals surface area (Å²) in [5, 5.41) is 5.25. The van der Waals surface area contributed by atoms with Gasteiger partial charge in [-0.25, -0.2) is 14.5 Å². The van der Waals surface area contributed by atoms with Crippen LogP contribution >= 0.6 is 11.3 Å². The van der Waals surface area contributed by atoms with Crippen molar-refractivity contribution in [1.29, 1.82) is 0 Å². The molecule has 8 heteroatoms. The quantitative estimate of drug-likeness (QED) is 0.612. The lowest BCUT2D eigenvalue weighted by Crippen LogP contribution is -2.45. The lowest BCUT2D eigenvalue weighted by atomic mass is 10.2. The molecule has 0 N–H and O–H groups in total. The van der Waals surface area contributed by atoms with E-state index in [-0.39, 0.29) is 18.2 Å². The number of carbonyl (C=O) groups excluding carboxylic acids is 1. The van der Waals surface area contributed by atoms with E-state index < -0.39 is 0 Å². The Labute approximate surface area is 167 Å². The minimum absolute atomic E-state index is 0.147. The van der Waals surface area contributed by atoms with Crippen molar-refractivity contribution in [3.05, 3.63) is 41.7 Å². The summed E-state index contributed by atoms with van der Waals surface area (Å²) >= 11 is 1.56. The number of para-hydroxylation sites is 1. The Morgan fingerprint density at radius 1 is 1.29 bits per heavy atom. The number of esters is 1. The van der Waals surface area contributed by atoms with Crippen LogP contribution in [0.4, 0.5) is 0 Å². The average molecular weight is 401 g/mol. The van der Waals surface area contributed by atoms with E-state index in [0.29, 0.717) is 18.7 Å². The van der Waals surface area contributed by atoms with Gasteiger partial charge in [0, 0.05) is 19.6 Å². The number of carbonyl (C=O) groups is 1. The van der Waals surface area contributed by atoms with E-state index in [1.165, 1.54) is 0 Å². The fraction of sp³-hybridized carbons (Fsp3) is 0.450. The highest BCUT2D eigenvalue weighted by Gasteiger charge is 2.27. The maximum absolute atomic E-state index is 12.5. The molecule has 2 atom stereocenters. The summed E-state index contributed by atoms with van der Waals surface area (Å²) in [7, 11) is 0. The van der Waals surface area contributed by atoms with Gasteiger partial charge in [-0.2, -0.15) is 5.10 Å². The number of nitrogens with zero attached hydrogens (tertiary/aromatic N) is 4. The molecule has 1 aliphatic rings. The third kappa shape index (κ3) is 3.80. The fourth-order valence-electron chi connectivity index (χ4n) is 3.65. The zero-order valence-corrected chi connectivity index (χ0v) is 17.1. The molecule has 28 heavy (non-hydrogen) atoms. The molecule has 1 fully saturated rings. The van der Waals surface area contributed by atoms with Crippen LogP contribution in [0.5, 0.6) is 0 Å². The second-order valence-electron chi connectivity index (χ2n) is 7.05. The van der Waals surface area contributed by atoms with E-state index in [9.17, 15) is 4.79 Å². The second-order valence-corrected chi connectivity index (χ2v) is 8.06. The van der Waals surface area contributed by atoms with Gasteiger partial charge in [-0.1, -0.05) is 23.5 Å². The Hall–Kier alpha value is -2.29. The number of ether oxygens (including phenoxy) is 2. The van der Waals surface area contributed by atoms with Gasteiger partial charge in [0.05, 0.1) is 40.9 Å². The first kappa shape index (κ1) is 19.0. The predicted octanol–water partition coefficient (Wildman–Crippen LogP) is 3.27. The van der Waals surface area contributed by atoms with Gasteiger partial charge in [-0.05, 0) is 32.9 Å². The van der Waals surface area contributed by atoms with Crippen molar-refractivity contribution in [2.45, 2.75) is 39.5 Å². The first-order chi connectivity index (χ1) is 13.5. The minimum Gasteiger partial charge on any atom is -0.462 e. The highest BCUT2D eigenvalue weighted by molar-refractivity contribution is 7.20. The van der Waals surface area contributed by atoms with E-state index in [0.717, 1.165) is 34.1 Å². The molecule has 7 nitrogen and oxygen atoms in total. The van der Waals surface area contributed by atoms with E-state index in [4.69, 9.17) is 14.5 Å². The molecule has 1 saturated heterocycles. The van der Waals surface area contributed by atoms with Gasteiger partial charge in [0.15, 0.2) is 0 Å². The van der Waals surface area contributed by atoms with Crippen LogP contribution in [0.25, 0.3) is 15.3 Å². The molecule has 0 aliphatic carbocycles. The maximum Gasteiger partial charge on any atom is 0.341 e. The Kier molecular flexibility index (Phi) is 5.43. The molecule has 1 aliphatic heterocycles. The number of hydrogen-bond acceptors (Lipinski definition) is 7. The van der Waals surface area contributed by atoms with Gasteiger partial charge in [-0.3, -0.25) is 4.90 Å². The van der Waals surface area contributed by atoms with Gasteiger partial charge in [-0.15, -0.1) is 0 Å². The van der Waals surface area contributed by atoms with Crippen molar-refractivity contribution in [3.8, 4) is 5.13 Å². The Bertz CT molecular complexity index is 940. The number of aromatic nitrogens is 3. The van der Waals surface area contributed by atoms with Crippen molar-refractivity contribution >= 4 is 27.5 Å². The van der Waals surface area contributed by atoms with Gasteiger partial charge in [0.1, 0.15) is 5.56 Å². The first-order valence-corrected chi connectivity index (χ1v) is 10.3.